The highest BCUT2D eigenvalue weighted by atomic mass is 16.3. The van der Waals surface area contributed by atoms with Crippen LogP contribution < -0.4 is 21.7 Å². The molecule has 2 aromatic carbocycles. The molecule has 37 heavy (non-hydrogen) atoms. The van der Waals surface area contributed by atoms with Gasteiger partial charge in [-0.1, -0.05) is 56.3 Å². The van der Waals surface area contributed by atoms with Gasteiger partial charge in [0.05, 0.1) is 12.1 Å². The topological polar surface area (TPSA) is 126 Å². The molecule has 0 saturated carbocycles. The molecule has 3 amide bonds. The summed E-state index contributed by atoms with van der Waals surface area (Å²) in [6.07, 6.45) is -0.623. The molecule has 5 N–H and O–H groups in total. The maximum Gasteiger partial charge on any atom is 0.255 e. The monoisotopic (exact) mass is 506 g/mol. The Bertz CT molecular complexity index is 1160. The fourth-order valence-corrected chi connectivity index (χ4v) is 5.47. The number of amides is 3. The van der Waals surface area contributed by atoms with Crippen molar-refractivity contribution in [1.29, 1.82) is 0 Å². The zero-order valence-electron chi connectivity index (χ0n) is 21.1. The molecule has 2 saturated heterocycles. The van der Waals surface area contributed by atoms with Crippen molar-refractivity contribution in [2.24, 2.45) is 5.92 Å². The number of carbonyl (C=O) groups excluding carboxylic acids is 3. The molecule has 1 unspecified atom stereocenters. The minimum Gasteiger partial charge on any atom is -0.391 e. The zero-order chi connectivity index (χ0) is 26.1. The highest BCUT2D eigenvalue weighted by Crippen LogP contribution is 2.30. The number of hydrazine groups is 2. The van der Waals surface area contributed by atoms with E-state index in [-0.39, 0.29) is 42.6 Å². The summed E-state index contributed by atoms with van der Waals surface area (Å²) < 4.78 is 0. The number of aliphatic hydroxyl groups excluding tert-OH is 1. The van der Waals surface area contributed by atoms with Crippen molar-refractivity contribution in [3.63, 3.8) is 0 Å². The van der Waals surface area contributed by atoms with Crippen molar-refractivity contribution < 1.29 is 19.5 Å². The van der Waals surface area contributed by atoms with Gasteiger partial charge in [0.2, 0.25) is 11.8 Å². The van der Waals surface area contributed by atoms with E-state index in [2.05, 4.69) is 21.7 Å². The number of likely N-dealkylation sites (tertiary alicyclic amines) is 1. The van der Waals surface area contributed by atoms with E-state index in [9.17, 15) is 19.5 Å². The number of hydrogen-bond acceptors (Lipinski definition) is 7. The number of carbonyl (C=O) groups is 3. The first kappa shape index (κ1) is 25.3. The van der Waals surface area contributed by atoms with Gasteiger partial charge < -0.3 is 20.2 Å². The van der Waals surface area contributed by atoms with E-state index < -0.39 is 18.2 Å². The molecule has 0 bridgehead atoms. The van der Waals surface area contributed by atoms with Gasteiger partial charge in [-0.15, -0.1) is 0 Å². The summed E-state index contributed by atoms with van der Waals surface area (Å²) in [4.78, 5) is 43.2. The van der Waals surface area contributed by atoms with E-state index in [1.165, 1.54) is 4.90 Å². The Kier molecular flexibility index (Phi) is 7.25. The molecule has 5 rings (SSSR count). The van der Waals surface area contributed by atoms with Crippen LogP contribution in [0.25, 0.3) is 0 Å². The molecule has 196 valence electrons. The third kappa shape index (κ3) is 5.10. The summed E-state index contributed by atoms with van der Waals surface area (Å²) in [5, 5.41) is 13.3. The molecule has 3 aliphatic rings. The summed E-state index contributed by atoms with van der Waals surface area (Å²) in [5.74, 6) is -0.946. The standard InChI is InChI=1S/C27H34N6O4/c1-16(2)24(33-14-19-5-3-4-6-21(19)26(33)36)27(37)32-15-20(34)11-23(32)25(35)28-12-17-7-9-18(10-8-17)22-13-29-31-30-22/h3-10,16,20,22-24,29-31,34H,11-15H2,1-2H3,(H,28,35)/t20-,22?,23+,24+/m1/s1. The molecular weight excluding hydrogens is 472 g/mol. The predicted octanol–water partition coefficient (Wildman–Crippen LogP) is 0.599. The van der Waals surface area contributed by atoms with Crippen molar-refractivity contribution in [2.75, 3.05) is 13.1 Å². The van der Waals surface area contributed by atoms with Crippen LogP contribution in [0.5, 0.6) is 0 Å². The van der Waals surface area contributed by atoms with Gasteiger partial charge in [0.1, 0.15) is 12.1 Å². The van der Waals surface area contributed by atoms with E-state index in [4.69, 9.17) is 0 Å². The van der Waals surface area contributed by atoms with Crippen LogP contribution in [0, 0.1) is 5.92 Å². The molecule has 0 aliphatic carbocycles. The van der Waals surface area contributed by atoms with Crippen LogP contribution >= 0.6 is 0 Å². The third-order valence-electron chi connectivity index (χ3n) is 7.42. The predicted molar refractivity (Wildman–Crippen MR) is 136 cm³/mol. The van der Waals surface area contributed by atoms with Crippen LogP contribution in [0.1, 0.15) is 53.4 Å². The molecule has 2 aromatic rings. The quantitative estimate of drug-likeness (QED) is 0.372. The second-order valence-corrected chi connectivity index (χ2v) is 10.3. The summed E-state index contributed by atoms with van der Waals surface area (Å²) in [6.45, 7) is 5.32. The van der Waals surface area contributed by atoms with Crippen LogP contribution in [-0.2, 0) is 22.7 Å². The van der Waals surface area contributed by atoms with Crippen LogP contribution in [0.3, 0.4) is 0 Å². The molecule has 3 aliphatic heterocycles. The maximum absolute atomic E-state index is 13.8. The second-order valence-electron chi connectivity index (χ2n) is 10.3. The summed E-state index contributed by atoms with van der Waals surface area (Å²) in [5.41, 5.74) is 12.6. The van der Waals surface area contributed by atoms with Gasteiger partial charge in [0, 0.05) is 38.2 Å². The van der Waals surface area contributed by atoms with Crippen molar-refractivity contribution >= 4 is 17.7 Å². The minimum atomic E-state index is -0.792. The number of hydrogen-bond donors (Lipinski definition) is 5. The first-order valence-electron chi connectivity index (χ1n) is 12.8. The fraction of sp³-hybridized carbons (Fsp3) is 0.444. The van der Waals surface area contributed by atoms with E-state index in [1.807, 2.05) is 56.3 Å². The summed E-state index contributed by atoms with van der Waals surface area (Å²) >= 11 is 0. The number of fused-ring (bicyclic) bond motifs is 1. The van der Waals surface area contributed by atoms with Gasteiger partial charge in [0.25, 0.3) is 5.91 Å². The lowest BCUT2D eigenvalue weighted by Crippen LogP contribution is -2.55. The fourth-order valence-electron chi connectivity index (χ4n) is 5.47. The highest BCUT2D eigenvalue weighted by Gasteiger charge is 2.45. The SMILES string of the molecule is CC(C)[C@@H](C(=O)N1C[C@H](O)C[C@H]1C(=O)NCc1ccc(C2CNNN2)cc1)N1Cc2ccccc2C1=O. The normalized spacial score (nSPS) is 24.0. The number of benzene rings is 2. The molecule has 2 fully saturated rings. The Morgan fingerprint density at radius 1 is 1.14 bits per heavy atom. The average Bonchev–Trinajstić information content (AvgIpc) is 3.63. The summed E-state index contributed by atoms with van der Waals surface area (Å²) in [7, 11) is 0. The van der Waals surface area contributed by atoms with Crippen molar-refractivity contribution in [2.45, 2.75) is 57.6 Å². The van der Waals surface area contributed by atoms with Gasteiger partial charge in [-0.05, 0) is 28.7 Å². The Morgan fingerprint density at radius 3 is 2.57 bits per heavy atom. The maximum atomic E-state index is 13.8. The highest BCUT2D eigenvalue weighted by molar-refractivity contribution is 6.01. The van der Waals surface area contributed by atoms with E-state index in [1.54, 1.807) is 11.0 Å². The van der Waals surface area contributed by atoms with Crippen LogP contribution in [-0.4, -0.2) is 63.9 Å². The van der Waals surface area contributed by atoms with Crippen molar-refractivity contribution in [3.05, 3.63) is 70.8 Å². The minimum absolute atomic E-state index is 0.0697. The average molecular weight is 507 g/mol. The van der Waals surface area contributed by atoms with E-state index >= 15 is 0 Å². The molecule has 3 heterocycles. The number of nitrogens with zero attached hydrogens (tertiary/aromatic N) is 2. The van der Waals surface area contributed by atoms with Gasteiger partial charge in [-0.3, -0.25) is 14.4 Å². The van der Waals surface area contributed by atoms with Crippen molar-refractivity contribution in [3.8, 4) is 0 Å². The molecular formula is C27H34N6O4. The number of rotatable bonds is 7. The lowest BCUT2D eigenvalue weighted by Gasteiger charge is -2.35. The largest absolute Gasteiger partial charge is 0.391 e. The molecule has 4 atom stereocenters. The number of aliphatic hydroxyl groups is 1. The van der Waals surface area contributed by atoms with Crippen molar-refractivity contribution in [1.82, 2.24) is 31.5 Å². The number of β-amino-alcohol motifs (C(OH)–C–C–N with tert-alkyl or cyclic N) is 1. The van der Waals surface area contributed by atoms with Crippen LogP contribution in [0.2, 0.25) is 0 Å². The molecule has 10 nitrogen and oxygen atoms in total. The molecule has 0 radical (unpaired) electrons. The Hall–Kier alpha value is -3.31. The van der Waals surface area contributed by atoms with Crippen LogP contribution in [0.15, 0.2) is 48.5 Å². The smallest absolute Gasteiger partial charge is 0.255 e. The van der Waals surface area contributed by atoms with Gasteiger partial charge >= 0.3 is 0 Å². The van der Waals surface area contributed by atoms with Gasteiger partial charge in [-0.25, -0.2) is 10.9 Å². The van der Waals surface area contributed by atoms with Gasteiger partial charge in [0.15, 0.2) is 0 Å². The Balaban J connectivity index is 1.26. The molecule has 10 heteroatoms. The van der Waals surface area contributed by atoms with Gasteiger partial charge in [-0.2, -0.15) is 5.53 Å². The summed E-state index contributed by atoms with van der Waals surface area (Å²) in [6, 6.07) is 14.0. The van der Waals surface area contributed by atoms with E-state index in [0.29, 0.717) is 18.7 Å². The Labute approximate surface area is 216 Å². The lowest BCUT2D eigenvalue weighted by atomic mass is 10.0. The first-order valence-corrected chi connectivity index (χ1v) is 12.8. The third-order valence-corrected chi connectivity index (χ3v) is 7.42. The Morgan fingerprint density at radius 2 is 1.89 bits per heavy atom. The molecule has 0 aromatic heterocycles. The first-order chi connectivity index (χ1) is 17.8. The number of nitrogens with one attached hydrogen (secondary N) is 4. The van der Waals surface area contributed by atoms with Crippen LogP contribution in [0.4, 0.5) is 0 Å². The molecule has 0 spiro atoms. The zero-order valence-corrected chi connectivity index (χ0v) is 21.1. The van der Waals surface area contributed by atoms with E-state index in [0.717, 1.165) is 23.2 Å². The second kappa shape index (κ2) is 10.6. The lowest BCUT2D eigenvalue weighted by molar-refractivity contribution is -0.143.